The smallest absolute Gasteiger partial charge is 0.191 e. The molecule has 114 valence electrons. The summed E-state index contributed by atoms with van der Waals surface area (Å²) in [6.45, 7) is 6.80. The molecule has 1 aromatic heterocycles. The van der Waals surface area contributed by atoms with E-state index in [4.69, 9.17) is 0 Å². The number of thioether (sulfide) groups is 1. The van der Waals surface area contributed by atoms with Gasteiger partial charge in [0.05, 0.1) is 10.7 Å². The number of aromatic nitrogens is 1. The van der Waals surface area contributed by atoms with Crippen molar-refractivity contribution >= 4 is 29.1 Å². The highest BCUT2D eigenvalue weighted by Crippen LogP contribution is 2.07. The maximum Gasteiger partial charge on any atom is 0.191 e. The number of hydrogen-bond donors (Lipinski definition) is 2. The predicted molar refractivity (Wildman–Crippen MR) is 92.2 cm³/mol. The Labute approximate surface area is 130 Å². The van der Waals surface area contributed by atoms with Crippen LogP contribution in [-0.2, 0) is 6.42 Å². The highest BCUT2D eigenvalue weighted by atomic mass is 32.2. The number of aryl methyl sites for hydroxylation is 1. The first-order chi connectivity index (χ1) is 9.76. The summed E-state index contributed by atoms with van der Waals surface area (Å²) in [6.07, 6.45) is 5.49. The largest absolute Gasteiger partial charge is 0.357 e. The third-order valence-electron chi connectivity index (χ3n) is 2.71. The molecule has 1 aromatic rings. The lowest BCUT2D eigenvalue weighted by Crippen LogP contribution is -2.38. The van der Waals surface area contributed by atoms with Crippen LogP contribution in [0, 0.1) is 6.92 Å². The maximum absolute atomic E-state index is 4.59. The molecule has 0 atom stereocenters. The fourth-order valence-corrected chi connectivity index (χ4v) is 2.86. The van der Waals surface area contributed by atoms with Gasteiger partial charge in [0.15, 0.2) is 5.96 Å². The van der Waals surface area contributed by atoms with Gasteiger partial charge < -0.3 is 10.6 Å². The molecule has 0 aliphatic carbocycles. The van der Waals surface area contributed by atoms with Crippen molar-refractivity contribution in [2.24, 2.45) is 4.99 Å². The molecule has 1 heterocycles. The van der Waals surface area contributed by atoms with Gasteiger partial charge in [-0.25, -0.2) is 4.98 Å². The number of unbranched alkanes of at least 4 members (excludes halogenated alkanes) is 1. The number of nitrogens with zero attached hydrogens (tertiary/aromatic N) is 2. The lowest BCUT2D eigenvalue weighted by atomic mass is 10.3. The SMILES string of the molecule is CCNC(=NCCCCSC)NCCc1csc(C)n1. The minimum absolute atomic E-state index is 0.875. The number of rotatable bonds is 9. The van der Waals surface area contributed by atoms with Gasteiger partial charge in [0.25, 0.3) is 0 Å². The monoisotopic (exact) mass is 314 g/mol. The van der Waals surface area contributed by atoms with Gasteiger partial charge in [-0.05, 0) is 38.7 Å². The van der Waals surface area contributed by atoms with Crippen LogP contribution in [0.1, 0.15) is 30.5 Å². The van der Waals surface area contributed by atoms with E-state index in [1.54, 1.807) is 11.3 Å². The highest BCUT2D eigenvalue weighted by Gasteiger charge is 2.00. The minimum Gasteiger partial charge on any atom is -0.357 e. The van der Waals surface area contributed by atoms with Gasteiger partial charge in [0.1, 0.15) is 0 Å². The second-order valence-corrected chi connectivity index (χ2v) is 6.54. The molecule has 20 heavy (non-hydrogen) atoms. The van der Waals surface area contributed by atoms with Gasteiger partial charge in [0.2, 0.25) is 0 Å². The van der Waals surface area contributed by atoms with Crippen molar-refractivity contribution in [1.82, 2.24) is 15.6 Å². The first-order valence-corrected chi connectivity index (χ1v) is 9.45. The van der Waals surface area contributed by atoms with Crippen LogP contribution in [0.4, 0.5) is 0 Å². The van der Waals surface area contributed by atoms with Crippen LogP contribution >= 0.6 is 23.1 Å². The first-order valence-electron chi connectivity index (χ1n) is 7.18. The number of thiazole rings is 1. The first kappa shape index (κ1) is 17.3. The number of nitrogens with one attached hydrogen (secondary N) is 2. The van der Waals surface area contributed by atoms with E-state index in [1.807, 2.05) is 18.7 Å². The number of aliphatic imine (C=N–C) groups is 1. The molecule has 0 bridgehead atoms. The Morgan fingerprint density at radius 2 is 2.25 bits per heavy atom. The van der Waals surface area contributed by atoms with E-state index in [-0.39, 0.29) is 0 Å². The van der Waals surface area contributed by atoms with Gasteiger partial charge in [-0.15, -0.1) is 11.3 Å². The van der Waals surface area contributed by atoms with Crippen LogP contribution in [0.15, 0.2) is 10.4 Å². The summed E-state index contributed by atoms with van der Waals surface area (Å²) in [6, 6.07) is 0. The molecule has 1 rings (SSSR count). The molecule has 0 amide bonds. The molecule has 0 aliphatic rings. The Morgan fingerprint density at radius 3 is 2.90 bits per heavy atom. The van der Waals surface area contributed by atoms with Crippen LogP contribution in [0.2, 0.25) is 0 Å². The Bertz CT molecular complexity index is 390. The summed E-state index contributed by atoms with van der Waals surface area (Å²) in [5.74, 6) is 2.14. The summed E-state index contributed by atoms with van der Waals surface area (Å²) < 4.78 is 0. The van der Waals surface area contributed by atoms with Crippen LogP contribution in [-0.4, -0.2) is 42.6 Å². The van der Waals surface area contributed by atoms with E-state index in [0.29, 0.717) is 0 Å². The van der Waals surface area contributed by atoms with Crippen molar-refractivity contribution in [1.29, 1.82) is 0 Å². The Balaban J connectivity index is 2.25. The standard InChI is InChI=1S/C14H26N4S2/c1-4-15-14(16-8-5-6-10-19-3)17-9-7-13-11-20-12(2)18-13/h11H,4-10H2,1-3H3,(H2,15,16,17). The normalized spacial score (nSPS) is 11.7. The molecule has 0 aliphatic heterocycles. The van der Waals surface area contributed by atoms with Gasteiger partial charge in [-0.2, -0.15) is 11.8 Å². The summed E-state index contributed by atoms with van der Waals surface area (Å²) in [7, 11) is 0. The zero-order chi connectivity index (χ0) is 14.6. The zero-order valence-electron chi connectivity index (χ0n) is 12.7. The van der Waals surface area contributed by atoms with Crippen molar-refractivity contribution < 1.29 is 0 Å². The van der Waals surface area contributed by atoms with Crippen molar-refractivity contribution in [3.05, 3.63) is 16.1 Å². The van der Waals surface area contributed by atoms with Crippen molar-refractivity contribution in [2.75, 3.05) is 31.6 Å². The van der Waals surface area contributed by atoms with E-state index in [1.165, 1.54) is 12.2 Å². The number of guanidine groups is 1. The summed E-state index contributed by atoms with van der Waals surface area (Å²) in [5, 5.41) is 9.91. The molecular formula is C14H26N4S2. The van der Waals surface area contributed by atoms with Crippen molar-refractivity contribution in [3.63, 3.8) is 0 Å². The van der Waals surface area contributed by atoms with Crippen LogP contribution in [0.5, 0.6) is 0 Å². The molecule has 4 nitrogen and oxygen atoms in total. The fraction of sp³-hybridized carbons (Fsp3) is 0.714. The van der Waals surface area contributed by atoms with Gasteiger partial charge in [-0.1, -0.05) is 0 Å². The molecule has 0 saturated heterocycles. The minimum atomic E-state index is 0.875. The third-order valence-corrected chi connectivity index (χ3v) is 4.23. The van der Waals surface area contributed by atoms with Crippen LogP contribution in [0.25, 0.3) is 0 Å². The van der Waals surface area contributed by atoms with Gasteiger partial charge in [-0.3, -0.25) is 4.99 Å². The van der Waals surface area contributed by atoms with E-state index < -0.39 is 0 Å². The molecule has 0 radical (unpaired) electrons. The fourth-order valence-electron chi connectivity index (χ4n) is 1.72. The molecule has 0 unspecified atom stereocenters. The summed E-state index contributed by atoms with van der Waals surface area (Å²) >= 11 is 3.61. The quantitative estimate of drug-likeness (QED) is 0.418. The second-order valence-electron chi connectivity index (χ2n) is 4.50. The Hall–Kier alpha value is -0.750. The molecule has 0 aromatic carbocycles. The number of hydrogen-bond acceptors (Lipinski definition) is 4. The summed E-state index contributed by atoms with van der Waals surface area (Å²) in [5.41, 5.74) is 1.16. The molecular weight excluding hydrogens is 288 g/mol. The molecule has 0 saturated carbocycles. The Kier molecular flexibility index (Phi) is 9.49. The molecule has 6 heteroatoms. The molecule has 2 N–H and O–H groups in total. The third kappa shape index (κ3) is 7.75. The average Bonchev–Trinajstić information content (AvgIpc) is 2.84. The highest BCUT2D eigenvalue weighted by molar-refractivity contribution is 7.98. The predicted octanol–water partition coefficient (Wildman–Crippen LogP) is 2.69. The van der Waals surface area contributed by atoms with Crippen LogP contribution < -0.4 is 10.6 Å². The average molecular weight is 315 g/mol. The van der Waals surface area contributed by atoms with E-state index in [2.05, 4.69) is 39.2 Å². The topological polar surface area (TPSA) is 49.3 Å². The molecule has 0 fully saturated rings. The van der Waals surface area contributed by atoms with E-state index >= 15 is 0 Å². The van der Waals surface area contributed by atoms with Crippen molar-refractivity contribution in [2.45, 2.75) is 33.1 Å². The maximum atomic E-state index is 4.59. The van der Waals surface area contributed by atoms with Crippen LogP contribution in [0.3, 0.4) is 0 Å². The lowest BCUT2D eigenvalue weighted by molar-refractivity contribution is 0.766. The van der Waals surface area contributed by atoms with Crippen molar-refractivity contribution in [3.8, 4) is 0 Å². The van der Waals surface area contributed by atoms with E-state index in [0.717, 1.165) is 49.1 Å². The second kappa shape index (κ2) is 11.0. The van der Waals surface area contributed by atoms with Gasteiger partial charge >= 0.3 is 0 Å². The molecule has 0 spiro atoms. The Morgan fingerprint density at radius 1 is 1.40 bits per heavy atom. The lowest BCUT2D eigenvalue weighted by Gasteiger charge is -2.10. The van der Waals surface area contributed by atoms with E-state index in [9.17, 15) is 0 Å². The van der Waals surface area contributed by atoms with Gasteiger partial charge in [0, 0.05) is 31.4 Å². The summed E-state index contributed by atoms with van der Waals surface area (Å²) in [4.78, 5) is 9.05. The zero-order valence-corrected chi connectivity index (χ0v) is 14.4.